The van der Waals surface area contributed by atoms with E-state index in [1.54, 1.807) is 0 Å². The van der Waals surface area contributed by atoms with Crippen LogP contribution in [0.3, 0.4) is 0 Å². The minimum Gasteiger partial charge on any atom is -0.266 e. The van der Waals surface area contributed by atoms with Crippen molar-refractivity contribution in [2.45, 2.75) is 17.8 Å². The van der Waals surface area contributed by atoms with Gasteiger partial charge in [0, 0.05) is 0 Å². The minimum absolute atomic E-state index is 0.553. The summed E-state index contributed by atoms with van der Waals surface area (Å²) in [5.74, 6) is 0. The average molecular weight is 292 g/mol. The fraction of sp³-hybridized carbons (Fsp3) is 0.333. The molecule has 0 aliphatic rings. The van der Waals surface area contributed by atoms with E-state index in [0.717, 1.165) is 12.1 Å². The Hall–Kier alpha value is -1.09. The van der Waals surface area contributed by atoms with Crippen molar-refractivity contribution in [2.24, 2.45) is 0 Å². The smallest absolute Gasteiger partial charge is 0.266 e. The summed E-state index contributed by atoms with van der Waals surface area (Å²) in [5, 5.41) is 0. The highest BCUT2D eigenvalue weighted by Gasteiger charge is 2.48. The van der Waals surface area contributed by atoms with Gasteiger partial charge in [-0.05, 0) is 5.56 Å². The molecule has 102 valence electrons. The van der Waals surface area contributed by atoms with Crippen LogP contribution in [0.15, 0.2) is 30.3 Å². The minimum atomic E-state index is -5.36. The van der Waals surface area contributed by atoms with Gasteiger partial charge in [0.2, 0.25) is 0 Å². The molecule has 2 nitrogen and oxygen atoms in total. The van der Waals surface area contributed by atoms with Gasteiger partial charge < -0.3 is 0 Å². The van der Waals surface area contributed by atoms with E-state index in [4.69, 9.17) is 0 Å². The van der Waals surface area contributed by atoms with E-state index in [2.05, 4.69) is 4.18 Å². The predicted molar refractivity (Wildman–Crippen MR) is 50.5 cm³/mol. The van der Waals surface area contributed by atoms with Gasteiger partial charge in [-0.25, -0.2) is 4.21 Å². The summed E-state index contributed by atoms with van der Waals surface area (Å²) >= 11 is -4.03. The fourth-order valence-electron chi connectivity index (χ4n) is 1.07. The van der Waals surface area contributed by atoms with Crippen LogP contribution in [0.5, 0.6) is 0 Å². The Bertz CT molecular complexity index is 413. The summed E-state index contributed by atoms with van der Waals surface area (Å²) in [4.78, 5) is 0. The third-order valence-corrected chi connectivity index (χ3v) is 2.52. The van der Waals surface area contributed by atoms with Gasteiger partial charge in [0.15, 0.2) is 6.10 Å². The van der Waals surface area contributed by atoms with Crippen LogP contribution in [0.1, 0.15) is 11.7 Å². The topological polar surface area (TPSA) is 26.3 Å². The van der Waals surface area contributed by atoms with Gasteiger partial charge in [0.05, 0.1) is 0 Å². The highest BCUT2D eigenvalue weighted by atomic mass is 32.2. The van der Waals surface area contributed by atoms with Crippen LogP contribution in [-0.2, 0) is 15.3 Å². The number of hydrogen-bond donors (Lipinski definition) is 0. The van der Waals surface area contributed by atoms with Gasteiger partial charge in [-0.1, -0.05) is 30.3 Å². The number of rotatable bonds is 3. The fourth-order valence-corrected chi connectivity index (χ4v) is 1.57. The molecule has 0 N–H and O–H groups in total. The summed E-state index contributed by atoms with van der Waals surface area (Å²) in [6.07, 6.45) is -7.98. The predicted octanol–water partition coefficient (Wildman–Crippen LogP) is 3.49. The van der Waals surface area contributed by atoms with Crippen LogP contribution >= 0.6 is 0 Å². The molecular weight excluding hydrogens is 286 g/mol. The van der Waals surface area contributed by atoms with Gasteiger partial charge in [0.25, 0.3) is 11.1 Å². The molecule has 0 bridgehead atoms. The van der Waals surface area contributed by atoms with E-state index in [-0.39, 0.29) is 0 Å². The lowest BCUT2D eigenvalue weighted by molar-refractivity contribution is -0.198. The molecule has 0 saturated heterocycles. The molecule has 0 saturated carbocycles. The summed E-state index contributed by atoms with van der Waals surface area (Å²) in [5.41, 5.74) is -5.92. The van der Waals surface area contributed by atoms with E-state index < -0.39 is 34.4 Å². The third kappa shape index (κ3) is 3.98. The first-order chi connectivity index (χ1) is 8.12. The van der Waals surface area contributed by atoms with Crippen molar-refractivity contribution < 1.29 is 34.7 Å². The number of benzene rings is 1. The summed E-state index contributed by atoms with van der Waals surface area (Å²) in [7, 11) is 0. The third-order valence-electron chi connectivity index (χ3n) is 1.77. The number of hydrogen-bond acceptors (Lipinski definition) is 2. The molecule has 2 atom stereocenters. The second kappa shape index (κ2) is 5.27. The quantitative estimate of drug-likeness (QED) is 0.797. The molecule has 1 aromatic carbocycles. The van der Waals surface area contributed by atoms with Gasteiger partial charge in [-0.3, -0.25) is 4.18 Å². The lowest BCUT2D eigenvalue weighted by atomic mass is 10.1. The second-order valence-electron chi connectivity index (χ2n) is 3.11. The highest BCUT2D eigenvalue weighted by Crippen LogP contribution is 2.38. The van der Waals surface area contributed by atoms with E-state index in [9.17, 15) is 30.6 Å². The van der Waals surface area contributed by atoms with E-state index >= 15 is 0 Å². The molecule has 0 aliphatic heterocycles. The van der Waals surface area contributed by atoms with Crippen molar-refractivity contribution in [3.63, 3.8) is 0 Å². The zero-order chi connectivity index (χ0) is 14.0. The number of halogens is 6. The van der Waals surface area contributed by atoms with Gasteiger partial charge >= 0.3 is 11.7 Å². The van der Waals surface area contributed by atoms with Crippen LogP contribution in [0.25, 0.3) is 0 Å². The zero-order valence-corrected chi connectivity index (χ0v) is 9.27. The van der Waals surface area contributed by atoms with Crippen LogP contribution in [0.2, 0.25) is 0 Å². The number of alkyl halides is 6. The Kier molecular flexibility index (Phi) is 4.38. The van der Waals surface area contributed by atoms with Crippen LogP contribution < -0.4 is 0 Å². The zero-order valence-electron chi connectivity index (χ0n) is 8.46. The van der Waals surface area contributed by atoms with Gasteiger partial charge in [-0.15, -0.1) is 0 Å². The summed E-state index contributed by atoms with van der Waals surface area (Å²) < 4.78 is 87.5. The molecule has 0 heterocycles. The molecular formula is C9H6F6O2S. The molecule has 0 radical (unpaired) electrons. The van der Waals surface area contributed by atoms with Crippen molar-refractivity contribution in [3.8, 4) is 0 Å². The van der Waals surface area contributed by atoms with Gasteiger partial charge in [-0.2, -0.15) is 26.3 Å². The molecule has 0 spiro atoms. The van der Waals surface area contributed by atoms with Crippen LogP contribution in [0.4, 0.5) is 26.3 Å². The lowest BCUT2D eigenvalue weighted by Crippen LogP contribution is -2.29. The monoisotopic (exact) mass is 292 g/mol. The van der Waals surface area contributed by atoms with Crippen molar-refractivity contribution >= 4 is 11.1 Å². The van der Waals surface area contributed by atoms with Crippen LogP contribution in [0, 0.1) is 0 Å². The first-order valence-corrected chi connectivity index (χ1v) is 5.47. The summed E-state index contributed by atoms with van der Waals surface area (Å²) in [6, 6.07) is 5.66. The first kappa shape index (κ1) is 15.0. The maximum Gasteiger partial charge on any atom is 0.497 e. The van der Waals surface area contributed by atoms with Crippen molar-refractivity contribution in [1.29, 1.82) is 0 Å². The van der Waals surface area contributed by atoms with E-state index in [1.807, 2.05) is 0 Å². The molecule has 0 fully saturated rings. The van der Waals surface area contributed by atoms with E-state index in [1.165, 1.54) is 18.2 Å². The molecule has 0 aliphatic carbocycles. The van der Waals surface area contributed by atoms with Crippen LogP contribution in [-0.4, -0.2) is 15.9 Å². The Labute approximate surface area is 100 Å². The van der Waals surface area contributed by atoms with E-state index in [0.29, 0.717) is 0 Å². The van der Waals surface area contributed by atoms with Crippen molar-refractivity contribution in [2.75, 3.05) is 0 Å². The standard InChI is InChI=1S/C9H6F6O2S/c10-8(11,12)7(6-4-2-1-3-5-6)17-18(16)9(13,14)15/h1-5,7H. The molecule has 18 heavy (non-hydrogen) atoms. The SMILES string of the molecule is O=S(OC(c1ccccc1)C(F)(F)F)C(F)(F)F. The second-order valence-corrected chi connectivity index (χ2v) is 4.23. The average Bonchev–Trinajstić information content (AvgIpc) is 2.23. The maximum atomic E-state index is 12.5. The summed E-state index contributed by atoms with van der Waals surface area (Å²) in [6.45, 7) is 0. The Morgan fingerprint density at radius 2 is 1.50 bits per heavy atom. The first-order valence-electron chi connectivity index (χ1n) is 4.40. The van der Waals surface area contributed by atoms with Crippen molar-refractivity contribution in [1.82, 2.24) is 0 Å². The normalized spacial score (nSPS) is 16.3. The Morgan fingerprint density at radius 3 is 1.89 bits per heavy atom. The molecule has 2 unspecified atom stereocenters. The Morgan fingerprint density at radius 1 is 1.00 bits per heavy atom. The molecule has 0 amide bonds. The molecule has 1 aromatic rings. The lowest BCUT2D eigenvalue weighted by Gasteiger charge is -2.20. The molecule has 1 rings (SSSR count). The highest BCUT2D eigenvalue weighted by molar-refractivity contribution is 7.81. The van der Waals surface area contributed by atoms with Gasteiger partial charge in [0.1, 0.15) is 0 Å². The van der Waals surface area contributed by atoms with Crippen molar-refractivity contribution in [3.05, 3.63) is 35.9 Å². The molecule has 0 aromatic heterocycles. The largest absolute Gasteiger partial charge is 0.497 e. The maximum absolute atomic E-state index is 12.5. The Balaban J connectivity index is 2.99. The molecule has 9 heteroatoms.